The van der Waals surface area contributed by atoms with Gasteiger partial charge in [-0.3, -0.25) is 9.59 Å². The SMILES string of the molecule is O=C1NC(CC(=O)N2CCc3nc(C4CC4)nn3CC2)c2ccccc21. The summed E-state index contributed by atoms with van der Waals surface area (Å²) in [7, 11) is 0. The maximum atomic E-state index is 12.8. The molecule has 0 spiro atoms. The molecule has 7 heteroatoms. The number of carbonyl (C=O) groups is 2. The van der Waals surface area contributed by atoms with E-state index in [4.69, 9.17) is 0 Å². The van der Waals surface area contributed by atoms with E-state index in [-0.39, 0.29) is 17.9 Å². The molecule has 0 bridgehead atoms. The summed E-state index contributed by atoms with van der Waals surface area (Å²) in [5, 5.41) is 7.55. The van der Waals surface area contributed by atoms with Gasteiger partial charge in [-0.15, -0.1) is 0 Å². The number of benzene rings is 1. The Morgan fingerprint density at radius 2 is 2.04 bits per heavy atom. The molecule has 1 aromatic heterocycles. The van der Waals surface area contributed by atoms with Crippen LogP contribution in [0.25, 0.3) is 0 Å². The zero-order valence-electron chi connectivity index (χ0n) is 14.5. The minimum absolute atomic E-state index is 0.0696. The predicted octanol–water partition coefficient (Wildman–Crippen LogP) is 1.41. The predicted molar refractivity (Wildman–Crippen MR) is 93.5 cm³/mol. The fourth-order valence-electron chi connectivity index (χ4n) is 3.87. The Labute approximate surface area is 151 Å². The lowest BCUT2D eigenvalue weighted by molar-refractivity contribution is -0.131. The summed E-state index contributed by atoms with van der Waals surface area (Å²) >= 11 is 0. The summed E-state index contributed by atoms with van der Waals surface area (Å²) in [6, 6.07) is 7.26. The van der Waals surface area contributed by atoms with Gasteiger partial charge in [0.2, 0.25) is 5.91 Å². The largest absolute Gasteiger partial charge is 0.345 e. The molecule has 2 amide bonds. The normalized spacial score (nSPS) is 21.8. The summed E-state index contributed by atoms with van der Waals surface area (Å²) in [6.07, 6.45) is 3.43. The number of fused-ring (bicyclic) bond motifs is 2. The van der Waals surface area contributed by atoms with Crippen LogP contribution in [-0.2, 0) is 17.8 Å². The molecule has 7 nitrogen and oxygen atoms in total. The maximum Gasteiger partial charge on any atom is 0.252 e. The zero-order chi connectivity index (χ0) is 17.7. The van der Waals surface area contributed by atoms with Crippen molar-refractivity contribution in [2.75, 3.05) is 13.1 Å². The molecule has 5 rings (SSSR count). The number of amides is 2. The summed E-state index contributed by atoms with van der Waals surface area (Å²) < 4.78 is 1.97. The molecule has 1 fully saturated rings. The molecule has 1 N–H and O–H groups in total. The second-order valence-electron chi connectivity index (χ2n) is 7.33. The van der Waals surface area contributed by atoms with Crippen molar-refractivity contribution in [3.8, 4) is 0 Å². The second-order valence-corrected chi connectivity index (χ2v) is 7.33. The first-order valence-electron chi connectivity index (χ1n) is 9.30. The molecule has 1 unspecified atom stereocenters. The van der Waals surface area contributed by atoms with E-state index in [1.165, 1.54) is 12.8 Å². The third-order valence-corrected chi connectivity index (χ3v) is 5.51. The van der Waals surface area contributed by atoms with Gasteiger partial charge in [0.05, 0.1) is 19.0 Å². The van der Waals surface area contributed by atoms with E-state index in [1.54, 1.807) is 0 Å². The molecule has 2 aromatic rings. The number of nitrogens with one attached hydrogen (secondary N) is 1. The van der Waals surface area contributed by atoms with Crippen LogP contribution in [0.5, 0.6) is 0 Å². The highest BCUT2D eigenvalue weighted by Gasteiger charge is 2.32. The van der Waals surface area contributed by atoms with Crippen molar-refractivity contribution in [2.45, 2.75) is 44.2 Å². The van der Waals surface area contributed by atoms with Crippen LogP contribution in [0, 0.1) is 0 Å². The molecule has 0 radical (unpaired) electrons. The van der Waals surface area contributed by atoms with E-state index in [1.807, 2.05) is 33.8 Å². The van der Waals surface area contributed by atoms with Gasteiger partial charge < -0.3 is 10.2 Å². The number of rotatable bonds is 3. The number of hydrogen-bond donors (Lipinski definition) is 1. The van der Waals surface area contributed by atoms with Crippen LogP contribution >= 0.6 is 0 Å². The second kappa shape index (κ2) is 5.93. The Morgan fingerprint density at radius 3 is 2.88 bits per heavy atom. The van der Waals surface area contributed by atoms with Crippen molar-refractivity contribution in [3.63, 3.8) is 0 Å². The van der Waals surface area contributed by atoms with Crippen molar-refractivity contribution in [3.05, 3.63) is 47.0 Å². The number of hydrogen-bond acceptors (Lipinski definition) is 4. The Bertz CT molecular complexity index is 860. The van der Waals surface area contributed by atoms with Gasteiger partial charge >= 0.3 is 0 Å². The first-order chi connectivity index (χ1) is 12.7. The van der Waals surface area contributed by atoms with Gasteiger partial charge in [0, 0.05) is 31.0 Å². The fraction of sp³-hybridized carbons (Fsp3) is 0.474. The number of nitrogens with zero attached hydrogens (tertiary/aromatic N) is 4. The van der Waals surface area contributed by atoms with Crippen LogP contribution in [0.15, 0.2) is 24.3 Å². The lowest BCUT2D eigenvalue weighted by Crippen LogP contribution is -2.36. The molecule has 3 aliphatic rings. The van der Waals surface area contributed by atoms with Crippen LogP contribution in [0.2, 0.25) is 0 Å². The van der Waals surface area contributed by atoms with Gasteiger partial charge in [-0.1, -0.05) is 18.2 Å². The van der Waals surface area contributed by atoms with Crippen LogP contribution in [0.1, 0.15) is 58.8 Å². The van der Waals surface area contributed by atoms with Crippen LogP contribution in [0.4, 0.5) is 0 Å². The number of aromatic nitrogens is 3. The van der Waals surface area contributed by atoms with E-state index in [0.29, 0.717) is 37.5 Å². The maximum absolute atomic E-state index is 12.8. The van der Waals surface area contributed by atoms with Crippen molar-refractivity contribution in [1.82, 2.24) is 25.0 Å². The highest BCUT2D eigenvalue weighted by Crippen LogP contribution is 2.38. The Balaban J connectivity index is 1.25. The monoisotopic (exact) mass is 351 g/mol. The third kappa shape index (κ3) is 2.67. The molecule has 0 saturated heterocycles. The summed E-state index contributed by atoms with van der Waals surface area (Å²) in [4.78, 5) is 31.4. The molecule has 1 saturated carbocycles. The lowest BCUT2D eigenvalue weighted by Gasteiger charge is -2.22. The highest BCUT2D eigenvalue weighted by molar-refractivity contribution is 5.99. The molecular weight excluding hydrogens is 330 g/mol. The minimum atomic E-state index is -0.230. The van der Waals surface area contributed by atoms with E-state index < -0.39 is 0 Å². The quantitative estimate of drug-likeness (QED) is 0.907. The average Bonchev–Trinajstić information content (AvgIpc) is 3.39. The molecule has 1 aromatic carbocycles. The van der Waals surface area contributed by atoms with Crippen molar-refractivity contribution in [2.24, 2.45) is 0 Å². The Hall–Kier alpha value is -2.70. The fourth-order valence-corrected chi connectivity index (χ4v) is 3.87. The molecule has 2 aliphatic heterocycles. The standard InChI is InChI=1S/C19H21N5O2/c25-17(11-15-13-3-1-2-4-14(13)19(26)20-15)23-8-7-16-21-18(12-5-6-12)22-24(16)10-9-23/h1-4,12,15H,5-11H2,(H,20,26). The van der Waals surface area contributed by atoms with E-state index in [0.717, 1.165) is 23.6 Å². The third-order valence-electron chi connectivity index (χ3n) is 5.51. The molecule has 1 aliphatic carbocycles. The average molecular weight is 351 g/mol. The lowest BCUT2D eigenvalue weighted by atomic mass is 10.0. The van der Waals surface area contributed by atoms with Gasteiger partial charge in [-0.05, 0) is 24.5 Å². The van der Waals surface area contributed by atoms with Crippen LogP contribution in [0.3, 0.4) is 0 Å². The molecule has 134 valence electrons. The highest BCUT2D eigenvalue weighted by atomic mass is 16.2. The summed E-state index contributed by atoms with van der Waals surface area (Å²) in [6.45, 7) is 1.99. The molecular formula is C19H21N5O2. The van der Waals surface area contributed by atoms with E-state index in [2.05, 4.69) is 15.4 Å². The van der Waals surface area contributed by atoms with Crippen molar-refractivity contribution < 1.29 is 9.59 Å². The minimum Gasteiger partial charge on any atom is -0.345 e. The number of carbonyl (C=O) groups excluding carboxylic acids is 2. The Kier molecular flexibility index (Phi) is 3.55. The van der Waals surface area contributed by atoms with E-state index >= 15 is 0 Å². The first-order valence-corrected chi connectivity index (χ1v) is 9.30. The van der Waals surface area contributed by atoms with Gasteiger partial charge in [-0.2, -0.15) is 5.10 Å². The molecule has 3 heterocycles. The van der Waals surface area contributed by atoms with Gasteiger partial charge in [0.25, 0.3) is 5.91 Å². The van der Waals surface area contributed by atoms with Crippen molar-refractivity contribution >= 4 is 11.8 Å². The van der Waals surface area contributed by atoms with Crippen LogP contribution < -0.4 is 5.32 Å². The summed E-state index contributed by atoms with van der Waals surface area (Å²) in [5.74, 6) is 2.50. The van der Waals surface area contributed by atoms with Gasteiger partial charge in [0.15, 0.2) is 5.82 Å². The topological polar surface area (TPSA) is 80.1 Å². The summed E-state index contributed by atoms with van der Waals surface area (Å²) in [5.41, 5.74) is 1.60. The smallest absolute Gasteiger partial charge is 0.252 e. The first kappa shape index (κ1) is 15.5. The van der Waals surface area contributed by atoms with Gasteiger partial charge in [0.1, 0.15) is 5.82 Å². The molecule has 26 heavy (non-hydrogen) atoms. The van der Waals surface area contributed by atoms with Gasteiger partial charge in [-0.25, -0.2) is 9.67 Å². The molecule has 1 atom stereocenters. The van der Waals surface area contributed by atoms with E-state index in [9.17, 15) is 9.59 Å². The zero-order valence-corrected chi connectivity index (χ0v) is 14.5. The Morgan fingerprint density at radius 1 is 1.19 bits per heavy atom. The van der Waals surface area contributed by atoms with Crippen molar-refractivity contribution in [1.29, 1.82) is 0 Å². The van der Waals surface area contributed by atoms with Crippen LogP contribution in [-0.4, -0.2) is 44.6 Å².